The summed E-state index contributed by atoms with van der Waals surface area (Å²) in [6.07, 6.45) is 0. The van der Waals surface area contributed by atoms with E-state index in [1.807, 2.05) is 36.4 Å². The van der Waals surface area contributed by atoms with Crippen molar-refractivity contribution in [2.24, 2.45) is 0 Å². The van der Waals surface area contributed by atoms with Crippen LogP contribution >= 0.6 is 11.3 Å². The smallest absolute Gasteiger partial charge is 0.319 e. The molecule has 0 aliphatic heterocycles. The molecular formula is C22H21N3OS. The van der Waals surface area contributed by atoms with Gasteiger partial charge in [-0.2, -0.15) is 0 Å². The standard InChI is InChI=1S/C22H21N3OS/c1-2-25-19-12-7-6-11-17(19)18(21(25)20-13-8-14-27-20)15-23-22(26)24-16-9-4-3-5-10-16/h3-14H,2,15H2,1H3,(H2,23,24,26). The van der Waals surface area contributed by atoms with Crippen LogP contribution < -0.4 is 10.6 Å². The zero-order chi connectivity index (χ0) is 18.6. The lowest BCUT2D eigenvalue weighted by molar-refractivity contribution is 0.252. The van der Waals surface area contributed by atoms with Crippen LogP contribution in [-0.4, -0.2) is 10.6 Å². The lowest BCUT2D eigenvalue weighted by atomic mass is 10.1. The average Bonchev–Trinajstić information content (AvgIpc) is 3.33. The molecule has 0 fully saturated rings. The number of carbonyl (C=O) groups is 1. The van der Waals surface area contributed by atoms with E-state index in [0.717, 1.165) is 17.8 Å². The fourth-order valence-corrected chi connectivity index (χ4v) is 4.25. The van der Waals surface area contributed by atoms with Gasteiger partial charge in [-0.25, -0.2) is 4.79 Å². The van der Waals surface area contributed by atoms with Crippen molar-refractivity contribution in [1.29, 1.82) is 0 Å². The van der Waals surface area contributed by atoms with Gasteiger partial charge in [-0.05, 0) is 36.6 Å². The van der Waals surface area contributed by atoms with Gasteiger partial charge in [-0.15, -0.1) is 11.3 Å². The molecule has 0 spiro atoms. The van der Waals surface area contributed by atoms with E-state index < -0.39 is 0 Å². The Hall–Kier alpha value is -3.05. The first-order valence-electron chi connectivity index (χ1n) is 9.01. The highest BCUT2D eigenvalue weighted by molar-refractivity contribution is 7.13. The Bertz CT molecular complexity index is 1050. The highest BCUT2D eigenvalue weighted by Crippen LogP contribution is 2.36. The molecule has 2 amide bonds. The number of amides is 2. The summed E-state index contributed by atoms with van der Waals surface area (Å²) in [6, 6.07) is 21.9. The van der Waals surface area contributed by atoms with Crippen LogP contribution in [0.15, 0.2) is 72.1 Å². The number of para-hydroxylation sites is 2. The third kappa shape index (κ3) is 3.46. The normalized spacial score (nSPS) is 10.9. The van der Waals surface area contributed by atoms with Gasteiger partial charge in [-0.1, -0.05) is 42.5 Å². The fourth-order valence-electron chi connectivity index (χ4n) is 3.44. The van der Waals surface area contributed by atoms with Gasteiger partial charge in [0.05, 0.1) is 10.6 Å². The number of hydrogen-bond donors (Lipinski definition) is 2. The molecule has 0 aliphatic carbocycles. The van der Waals surface area contributed by atoms with E-state index >= 15 is 0 Å². The number of anilines is 1. The Morgan fingerprint density at radius 3 is 2.52 bits per heavy atom. The maximum Gasteiger partial charge on any atom is 0.319 e. The molecule has 4 aromatic rings. The Morgan fingerprint density at radius 1 is 1.00 bits per heavy atom. The summed E-state index contributed by atoms with van der Waals surface area (Å²) in [5, 5.41) is 9.17. The Labute approximate surface area is 162 Å². The number of nitrogens with one attached hydrogen (secondary N) is 2. The number of urea groups is 1. The number of thiophene rings is 1. The first kappa shape index (κ1) is 17.4. The molecule has 0 atom stereocenters. The lowest BCUT2D eigenvalue weighted by Gasteiger charge is -2.10. The van der Waals surface area contributed by atoms with Crippen LogP contribution in [0.3, 0.4) is 0 Å². The molecule has 136 valence electrons. The molecule has 0 saturated carbocycles. The zero-order valence-electron chi connectivity index (χ0n) is 15.1. The molecule has 4 nitrogen and oxygen atoms in total. The lowest BCUT2D eigenvalue weighted by Crippen LogP contribution is -2.28. The summed E-state index contributed by atoms with van der Waals surface area (Å²) in [4.78, 5) is 13.6. The van der Waals surface area contributed by atoms with E-state index in [2.05, 4.69) is 57.8 Å². The van der Waals surface area contributed by atoms with Crippen LogP contribution in [0, 0.1) is 0 Å². The van der Waals surface area contributed by atoms with Gasteiger partial charge in [0.15, 0.2) is 0 Å². The second kappa shape index (κ2) is 7.68. The minimum atomic E-state index is -0.202. The number of rotatable bonds is 5. The molecule has 27 heavy (non-hydrogen) atoms. The van der Waals surface area contributed by atoms with Crippen molar-refractivity contribution >= 4 is 34.0 Å². The minimum Gasteiger partial charge on any atom is -0.340 e. The topological polar surface area (TPSA) is 46.1 Å². The van der Waals surface area contributed by atoms with Crippen LogP contribution in [0.1, 0.15) is 12.5 Å². The zero-order valence-corrected chi connectivity index (χ0v) is 15.9. The van der Waals surface area contributed by atoms with Crippen molar-refractivity contribution in [1.82, 2.24) is 9.88 Å². The van der Waals surface area contributed by atoms with Crippen molar-refractivity contribution < 1.29 is 4.79 Å². The van der Waals surface area contributed by atoms with Gasteiger partial charge < -0.3 is 15.2 Å². The number of carbonyl (C=O) groups excluding carboxylic acids is 1. The van der Waals surface area contributed by atoms with Crippen LogP contribution in [0.2, 0.25) is 0 Å². The monoisotopic (exact) mass is 375 g/mol. The Morgan fingerprint density at radius 2 is 1.78 bits per heavy atom. The highest BCUT2D eigenvalue weighted by atomic mass is 32.1. The second-order valence-corrected chi connectivity index (χ2v) is 7.19. The highest BCUT2D eigenvalue weighted by Gasteiger charge is 2.18. The molecule has 0 aliphatic rings. The summed E-state index contributed by atoms with van der Waals surface area (Å²) in [7, 11) is 0. The number of benzene rings is 2. The van der Waals surface area contributed by atoms with E-state index in [9.17, 15) is 4.79 Å². The largest absolute Gasteiger partial charge is 0.340 e. The van der Waals surface area contributed by atoms with Crippen molar-refractivity contribution in [3.63, 3.8) is 0 Å². The van der Waals surface area contributed by atoms with Gasteiger partial charge in [-0.3, -0.25) is 0 Å². The molecule has 0 saturated heterocycles. The molecule has 2 N–H and O–H groups in total. The van der Waals surface area contributed by atoms with Crippen molar-refractivity contribution in [3.05, 3.63) is 77.7 Å². The first-order chi connectivity index (χ1) is 13.3. The fraction of sp³-hybridized carbons (Fsp3) is 0.136. The van der Waals surface area contributed by atoms with Crippen LogP contribution in [0.5, 0.6) is 0 Å². The number of fused-ring (bicyclic) bond motifs is 1. The predicted molar refractivity (Wildman–Crippen MR) is 113 cm³/mol. The van der Waals surface area contributed by atoms with E-state index in [4.69, 9.17) is 0 Å². The number of nitrogens with zero attached hydrogens (tertiary/aromatic N) is 1. The Kier molecular flexibility index (Phi) is 4.94. The summed E-state index contributed by atoms with van der Waals surface area (Å²) >= 11 is 1.72. The second-order valence-electron chi connectivity index (χ2n) is 6.24. The molecule has 2 heterocycles. The van der Waals surface area contributed by atoms with E-state index in [-0.39, 0.29) is 6.03 Å². The maximum absolute atomic E-state index is 12.4. The quantitative estimate of drug-likeness (QED) is 0.461. The predicted octanol–water partition coefficient (Wildman–Crippen LogP) is 5.71. The van der Waals surface area contributed by atoms with Crippen molar-refractivity contribution in [2.75, 3.05) is 5.32 Å². The van der Waals surface area contributed by atoms with Gasteiger partial charge >= 0.3 is 6.03 Å². The Balaban J connectivity index is 1.66. The van der Waals surface area contributed by atoms with E-state index in [1.165, 1.54) is 21.5 Å². The molecule has 2 aromatic carbocycles. The average molecular weight is 375 g/mol. The summed E-state index contributed by atoms with van der Waals surface area (Å²) < 4.78 is 2.33. The summed E-state index contributed by atoms with van der Waals surface area (Å²) in [6.45, 7) is 3.51. The molecular weight excluding hydrogens is 354 g/mol. The maximum atomic E-state index is 12.4. The molecule has 5 heteroatoms. The van der Waals surface area contributed by atoms with E-state index in [1.54, 1.807) is 11.3 Å². The van der Waals surface area contributed by atoms with Gasteiger partial charge in [0.25, 0.3) is 0 Å². The summed E-state index contributed by atoms with van der Waals surface area (Å²) in [5.74, 6) is 0. The van der Waals surface area contributed by atoms with Crippen LogP contribution in [0.25, 0.3) is 21.5 Å². The molecule has 0 radical (unpaired) electrons. The SMILES string of the molecule is CCn1c(-c2cccs2)c(CNC(=O)Nc2ccccc2)c2ccccc21. The van der Waals surface area contributed by atoms with E-state index in [0.29, 0.717) is 6.54 Å². The third-order valence-corrected chi connectivity index (χ3v) is 5.48. The van der Waals surface area contributed by atoms with Gasteiger partial charge in [0.2, 0.25) is 0 Å². The van der Waals surface area contributed by atoms with Crippen molar-refractivity contribution in [3.8, 4) is 10.6 Å². The molecule has 0 unspecified atom stereocenters. The molecule has 2 aromatic heterocycles. The third-order valence-electron chi connectivity index (χ3n) is 4.60. The number of aromatic nitrogens is 1. The van der Waals surface area contributed by atoms with Gasteiger partial charge in [0, 0.05) is 35.2 Å². The molecule has 4 rings (SSSR count). The minimum absolute atomic E-state index is 0.202. The summed E-state index contributed by atoms with van der Waals surface area (Å²) in [5.41, 5.74) is 4.32. The number of aryl methyl sites for hydroxylation is 1. The molecule has 0 bridgehead atoms. The van der Waals surface area contributed by atoms with Crippen LogP contribution in [0.4, 0.5) is 10.5 Å². The van der Waals surface area contributed by atoms with Crippen molar-refractivity contribution in [2.45, 2.75) is 20.0 Å². The van der Waals surface area contributed by atoms with Gasteiger partial charge in [0.1, 0.15) is 0 Å². The first-order valence-corrected chi connectivity index (χ1v) is 9.89. The van der Waals surface area contributed by atoms with Crippen LogP contribution in [-0.2, 0) is 13.1 Å². The number of hydrogen-bond acceptors (Lipinski definition) is 2.